The second-order valence-electron chi connectivity index (χ2n) is 8.28. The number of benzene rings is 1. The summed E-state index contributed by atoms with van der Waals surface area (Å²) in [7, 11) is 0. The molecule has 1 aromatic carbocycles. The topological polar surface area (TPSA) is 125 Å². The minimum atomic E-state index is -0.983. The SMILES string of the molecule is C[C@@H]1CCC(=O)C(=O)C(=O)CCCc2cc(OCCn3ccnc3)cc(O)c2C(=O)O[C@H]1C. The number of rotatable bonds is 4. The Morgan fingerprint density at radius 1 is 1.12 bits per heavy atom. The smallest absolute Gasteiger partial charge is 0.342 e. The van der Waals surface area contributed by atoms with Crippen molar-refractivity contribution in [3.05, 3.63) is 42.0 Å². The van der Waals surface area contributed by atoms with E-state index >= 15 is 0 Å². The highest BCUT2D eigenvalue weighted by Crippen LogP contribution is 2.31. The molecule has 1 N–H and O–H groups in total. The van der Waals surface area contributed by atoms with Crippen molar-refractivity contribution in [3.8, 4) is 11.5 Å². The van der Waals surface area contributed by atoms with Crippen LogP contribution in [0.4, 0.5) is 0 Å². The number of Topliss-reactive ketones (excluding diaryl/α,β-unsaturated/α-hetero) is 3. The van der Waals surface area contributed by atoms with Crippen molar-refractivity contribution in [2.24, 2.45) is 5.92 Å². The van der Waals surface area contributed by atoms with E-state index in [1.54, 1.807) is 38.6 Å². The van der Waals surface area contributed by atoms with Gasteiger partial charge in [0.1, 0.15) is 29.8 Å². The van der Waals surface area contributed by atoms with E-state index in [-0.39, 0.29) is 42.9 Å². The minimum absolute atomic E-state index is 0.0166. The van der Waals surface area contributed by atoms with Gasteiger partial charge in [-0.25, -0.2) is 9.78 Å². The first-order valence-electron chi connectivity index (χ1n) is 11.0. The fraction of sp³-hybridized carbons (Fsp3) is 0.458. The summed E-state index contributed by atoms with van der Waals surface area (Å²) < 4.78 is 13.1. The van der Waals surface area contributed by atoms with E-state index in [9.17, 15) is 24.3 Å². The molecule has 2 heterocycles. The first-order chi connectivity index (χ1) is 15.8. The molecule has 9 heteroatoms. The van der Waals surface area contributed by atoms with Gasteiger partial charge in [-0.3, -0.25) is 14.4 Å². The molecule has 0 bridgehead atoms. The van der Waals surface area contributed by atoms with Gasteiger partial charge in [-0.1, -0.05) is 6.92 Å². The number of hydrogen-bond acceptors (Lipinski definition) is 8. The summed E-state index contributed by atoms with van der Waals surface area (Å²) in [6.07, 6.45) is 5.09. The van der Waals surface area contributed by atoms with Gasteiger partial charge in [0.25, 0.3) is 5.78 Å². The van der Waals surface area contributed by atoms with Crippen molar-refractivity contribution in [3.63, 3.8) is 0 Å². The molecule has 0 amide bonds. The van der Waals surface area contributed by atoms with Crippen LogP contribution in [0.25, 0.3) is 0 Å². The lowest BCUT2D eigenvalue weighted by Gasteiger charge is -2.22. The van der Waals surface area contributed by atoms with E-state index in [1.165, 1.54) is 6.07 Å². The summed E-state index contributed by atoms with van der Waals surface area (Å²) in [5, 5.41) is 10.6. The van der Waals surface area contributed by atoms with Crippen LogP contribution >= 0.6 is 0 Å². The lowest BCUT2D eigenvalue weighted by Crippen LogP contribution is -2.27. The van der Waals surface area contributed by atoms with Gasteiger partial charge in [-0.05, 0) is 43.7 Å². The van der Waals surface area contributed by atoms with Gasteiger partial charge < -0.3 is 19.1 Å². The average molecular weight is 456 g/mol. The Morgan fingerprint density at radius 2 is 1.88 bits per heavy atom. The van der Waals surface area contributed by atoms with E-state index in [0.717, 1.165) is 0 Å². The first kappa shape index (κ1) is 24.2. The summed E-state index contributed by atoms with van der Waals surface area (Å²) in [5.74, 6) is -3.26. The molecule has 0 unspecified atom stereocenters. The maximum atomic E-state index is 12.9. The normalized spacial score (nSPS) is 20.7. The van der Waals surface area contributed by atoms with Crippen molar-refractivity contribution in [1.82, 2.24) is 9.55 Å². The number of fused-ring (bicyclic) bond motifs is 1. The zero-order valence-electron chi connectivity index (χ0n) is 18.8. The number of imidazole rings is 1. The number of aryl methyl sites for hydroxylation is 1. The summed E-state index contributed by atoms with van der Waals surface area (Å²) in [6, 6.07) is 2.99. The van der Waals surface area contributed by atoms with Crippen LogP contribution in [-0.4, -0.2) is 50.7 Å². The number of aromatic nitrogens is 2. The Labute approximate surface area is 191 Å². The summed E-state index contributed by atoms with van der Waals surface area (Å²) in [4.78, 5) is 53.1. The molecule has 9 nitrogen and oxygen atoms in total. The van der Waals surface area contributed by atoms with Crippen molar-refractivity contribution < 1.29 is 33.8 Å². The van der Waals surface area contributed by atoms with Gasteiger partial charge in [0.2, 0.25) is 11.6 Å². The second kappa shape index (κ2) is 10.9. The molecule has 0 fully saturated rings. The quantitative estimate of drug-likeness (QED) is 0.550. The zero-order chi connectivity index (χ0) is 24.0. The van der Waals surface area contributed by atoms with Crippen molar-refractivity contribution >= 4 is 23.3 Å². The molecule has 0 saturated heterocycles. The predicted molar refractivity (Wildman–Crippen MR) is 117 cm³/mol. The van der Waals surface area contributed by atoms with E-state index in [4.69, 9.17) is 9.47 Å². The fourth-order valence-electron chi connectivity index (χ4n) is 3.62. The maximum absolute atomic E-state index is 12.9. The highest BCUT2D eigenvalue weighted by atomic mass is 16.5. The highest BCUT2D eigenvalue weighted by Gasteiger charge is 2.27. The van der Waals surface area contributed by atoms with E-state index in [2.05, 4.69) is 4.98 Å². The number of ketones is 3. The number of carbonyl (C=O) groups excluding carboxylic acids is 4. The molecule has 2 aromatic rings. The van der Waals surface area contributed by atoms with Crippen LogP contribution in [0.15, 0.2) is 30.9 Å². The van der Waals surface area contributed by atoms with E-state index in [1.807, 2.05) is 4.57 Å². The lowest BCUT2D eigenvalue weighted by molar-refractivity contribution is -0.144. The number of nitrogens with zero attached hydrogens (tertiary/aromatic N) is 2. The second-order valence-corrected chi connectivity index (χ2v) is 8.28. The molecule has 2 atom stereocenters. The van der Waals surface area contributed by atoms with Gasteiger partial charge in [-0.2, -0.15) is 0 Å². The number of hydrogen-bond donors (Lipinski definition) is 1. The van der Waals surface area contributed by atoms with Gasteiger partial charge >= 0.3 is 5.97 Å². The van der Waals surface area contributed by atoms with Gasteiger partial charge in [-0.15, -0.1) is 0 Å². The van der Waals surface area contributed by atoms with Gasteiger partial charge in [0, 0.05) is 31.3 Å². The standard InChI is InChI=1S/C24H28N2O7/c1-15-6-7-20(28)23(30)19(27)5-3-4-17-12-18(32-11-10-26-9-8-25-14-26)13-21(29)22(17)24(31)33-16(15)2/h8-9,12-16,29H,3-7,10-11H2,1-2H3/t15-,16+/m1/s1. The Bertz CT molecular complexity index is 1030. The number of phenolic OH excluding ortho intramolecular Hbond substituents is 1. The third kappa shape index (κ3) is 6.27. The third-order valence-electron chi connectivity index (χ3n) is 5.83. The monoisotopic (exact) mass is 456 g/mol. The maximum Gasteiger partial charge on any atom is 0.342 e. The largest absolute Gasteiger partial charge is 0.507 e. The van der Waals surface area contributed by atoms with Crippen LogP contribution in [0.2, 0.25) is 0 Å². The molecule has 1 aromatic heterocycles. The van der Waals surface area contributed by atoms with Crippen LogP contribution in [-0.2, 0) is 32.1 Å². The van der Waals surface area contributed by atoms with E-state index < -0.39 is 29.4 Å². The van der Waals surface area contributed by atoms with Crippen LogP contribution in [0.1, 0.15) is 55.5 Å². The molecular weight excluding hydrogens is 428 g/mol. The molecule has 33 heavy (non-hydrogen) atoms. The number of aromatic hydroxyl groups is 1. The summed E-state index contributed by atoms with van der Waals surface area (Å²) >= 11 is 0. The van der Waals surface area contributed by atoms with Crippen LogP contribution < -0.4 is 4.74 Å². The number of cyclic esters (lactones) is 1. The molecule has 1 aliphatic heterocycles. The first-order valence-corrected chi connectivity index (χ1v) is 11.0. The number of phenols is 1. The minimum Gasteiger partial charge on any atom is -0.507 e. The van der Waals surface area contributed by atoms with Crippen LogP contribution in [0, 0.1) is 5.92 Å². The Balaban J connectivity index is 1.84. The van der Waals surface area contributed by atoms with Crippen molar-refractivity contribution in [2.45, 2.75) is 58.6 Å². The summed E-state index contributed by atoms with van der Waals surface area (Å²) in [5.41, 5.74) is 0.462. The fourth-order valence-corrected chi connectivity index (χ4v) is 3.62. The molecule has 0 saturated carbocycles. The highest BCUT2D eigenvalue weighted by molar-refractivity contribution is 6.63. The van der Waals surface area contributed by atoms with Crippen LogP contribution in [0.3, 0.4) is 0 Å². The number of carbonyl (C=O) groups is 4. The molecule has 3 rings (SSSR count). The Kier molecular flexibility index (Phi) is 7.97. The number of esters is 1. The zero-order valence-corrected chi connectivity index (χ0v) is 18.8. The molecule has 0 spiro atoms. The van der Waals surface area contributed by atoms with Crippen molar-refractivity contribution in [1.29, 1.82) is 0 Å². The Hall–Kier alpha value is -3.49. The van der Waals surface area contributed by atoms with E-state index in [0.29, 0.717) is 30.9 Å². The van der Waals surface area contributed by atoms with Crippen molar-refractivity contribution in [2.75, 3.05) is 6.61 Å². The predicted octanol–water partition coefficient (Wildman–Crippen LogP) is 2.67. The molecule has 0 aliphatic carbocycles. The lowest BCUT2D eigenvalue weighted by atomic mass is 9.94. The molecular formula is C24H28N2O7. The Morgan fingerprint density at radius 3 is 2.61 bits per heavy atom. The van der Waals surface area contributed by atoms with Gasteiger partial charge in [0.15, 0.2) is 0 Å². The van der Waals surface area contributed by atoms with Crippen LogP contribution in [0.5, 0.6) is 11.5 Å². The molecule has 1 aliphatic rings. The molecule has 176 valence electrons. The van der Waals surface area contributed by atoms with Gasteiger partial charge in [0.05, 0.1) is 12.9 Å². The molecule has 0 radical (unpaired) electrons. The average Bonchev–Trinajstić information content (AvgIpc) is 3.29. The number of ether oxygens (including phenoxy) is 2. The third-order valence-corrected chi connectivity index (χ3v) is 5.83. The summed E-state index contributed by atoms with van der Waals surface area (Å²) in [6.45, 7) is 4.33.